The van der Waals surface area contributed by atoms with Gasteiger partial charge in [0.2, 0.25) is 0 Å². The van der Waals surface area contributed by atoms with Crippen LogP contribution in [0.15, 0.2) is 18.2 Å². The lowest BCUT2D eigenvalue weighted by Gasteiger charge is -2.17. The van der Waals surface area contributed by atoms with E-state index >= 15 is 0 Å². The van der Waals surface area contributed by atoms with Crippen LogP contribution in [0.1, 0.15) is 11.5 Å². The Bertz CT molecular complexity index is 442. The predicted octanol–water partition coefficient (Wildman–Crippen LogP) is 1.86. The zero-order valence-corrected chi connectivity index (χ0v) is 10.6. The van der Waals surface area contributed by atoms with Crippen molar-refractivity contribution in [3.63, 3.8) is 0 Å². The number of nitrogens with one attached hydrogen (secondary N) is 1. The van der Waals surface area contributed by atoms with Gasteiger partial charge in [-0.25, -0.2) is 8.78 Å². The second-order valence-electron chi connectivity index (χ2n) is 4.06. The van der Waals surface area contributed by atoms with Gasteiger partial charge in [-0.1, -0.05) is 6.07 Å². The first-order valence-electron chi connectivity index (χ1n) is 5.37. The van der Waals surface area contributed by atoms with Crippen LogP contribution in [0.25, 0.3) is 0 Å². The van der Waals surface area contributed by atoms with Crippen molar-refractivity contribution >= 4 is 18.4 Å². The molecule has 6 heteroatoms. The maximum absolute atomic E-state index is 13.6. The lowest BCUT2D eigenvalue weighted by molar-refractivity contribution is -0.145. The number of methoxy groups -OCH3 is 1. The standard InChI is InChI=1S/C12H13F2NO2.ClH/c1-17-12(16)10-6-15-5-9(10)8-3-2-7(13)4-11(8)14;/h2-4,9-10,15H,5-6H2,1H3;1H/t9-,10+;/m1./s1. The van der Waals surface area contributed by atoms with E-state index in [0.717, 1.165) is 6.07 Å². The van der Waals surface area contributed by atoms with E-state index in [1.54, 1.807) is 0 Å². The van der Waals surface area contributed by atoms with E-state index in [2.05, 4.69) is 10.1 Å². The molecule has 1 N–H and O–H groups in total. The molecular weight excluding hydrogens is 264 g/mol. The molecule has 1 aliphatic rings. The maximum atomic E-state index is 13.6. The lowest BCUT2D eigenvalue weighted by Crippen LogP contribution is -2.23. The quantitative estimate of drug-likeness (QED) is 0.839. The van der Waals surface area contributed by atoms with Crippen molar-refractivity contribution in [1.82, 2.24) is 5.32 Å². The van der Waals surface area contributed by atoms with Crippen molar-refractivity contribution in [3.05, 3.63) is 35.4 Å². The molecule has 0 unspecified atom stereocenters. The molecule has 0 aromatic heterocycles. The van der Waals surface area contributed by atoms with Gasteiger partial charge in [-0.05, 0) is 11.6 Å². The number of halogens is 3. The second kappa shape index (κ2) is 6.11. The number of carbonyl (C=O) groups excluding carboxylic acids is 1. The summed E-state index contributed by atoms with van der Waals surface area (Å²) in [6, 6.07) is 3.42. The van der Waals surface area contributed by atoms with Crippen LogP contribution < -0.4 is 5.32 Å². The molecule has 100 valence electrons. The van der Waals surface area contributed by atoms with Crippen LogP contribution in [-0.4, -0.2) is 26.2 Å². The van der Waals surface area contributed by atoms with Gasteiger partial charge >= 0.3 is 5.97 Å². The van der Waals surface area contributed by atoms with Crippen molar-refractivity contribution in [2.75, 3.05) is 20.2 Å². The topological polar surface area (TPSA) is 38.3 Å². The largest absolute Gasteiger partial charge is 0.469 e. The number of carbonyl (C=O) groups is 1. The van der Waals surface area contributed by atoms with Gasteiger partial charge in [0.05, 0.1) is 13.0 Å². The molecule has 1 aromatic rings. The number of ether oxygens (including phenoxy) is 1. The summed E-state index contributed by atoms with van der Waals surface area (Å²) in [7, 11) is 1.30. The highest BCUT2D eigenvalue weighted by atomic mass is 35.5. The fraction of sp³-hybridized carbons (Fsp3) is 0.417. The minimum atomic E-state index is -0.619. The van der Waals surface area contributed by atoms with Crippen molar-refractivity contribution in [3.8, 4) is 0 Å². The average molecular weight is 278 g/mol. The fourth-order valence-electron chi connectivity index (χ4n) is 2.21. The van der Waals surface area contributed by atoms with Crippen LogP contribution in [0.2, 0.25) is 0 Å². The molecule has 0 bridgehead atoms. The van der Waals surface area contributed by atoms with Crippen molar-refractivity contribution < 1.29 is 18.3 Å². The first kappa shape index (κ1) is 14.9. The molecule has 18 heavy (non-hydrogen) atoms. The zero-order valence-electron chi connectivity index (χ0n) is 9.78. The predicted molar refractivity (Wildman–Crippen MR) is 64.7 cm³/mol. The van der Waals surface area contributed by atoms with Gasteiger partial charge in [0.15, 0.2) is 0 Å². The van der Waals surface area contributed by atoms with Crippen LogP contribution in [-0.2, 0) is 9.53 Å². The summed E-state index contributed by atoms with van der Waals surface area (Å²) in [6.07, 6.45) is 0. The summed E-state index contributed by atoms with van der Waals surface area (Å²) in [5, 5.41) is 3.02. The Morgan fingerprint density at radius 3 is 2.72 bits per heavy atom. The number of hydrogen-bond acceptors (Lipinski definition) is 3. The maximum Gasteiger partial charge on any atom is 0.310 e. The fourth-order valence-corrected chi connectivity index (χ4v) is 2.21. The summed E-state index contributed by atoms with van der Waals surface area (Å²) >= 11 is 0. The van der Waals surface area contributed by atoms with Crippen molar-refractivity contribution in [2.45, 2.75) is 5.92 Å². The first-order chi connectivity index (χ1) is 8.13. The highest BCUT2D eigenvalue weighted by molar-refractivity contribution is 5.85. The normalized spacial score (nSPS) is 22.4. The van der Waals surface area contributed by atoms with E-state index in [9.17, 15) is 13.6 Å². The molecule has 1 aliphatic heterocycles. The van der Waals surface area contributed by atoms with Gasteiger partial charge in [0.1, 0.15) is 11.6 Å². The average Bonchev–Trinajstić information content (AvgIpc) is 2.77. The molecule has 1 heterocycles. The molecule has 1 fully saturated rings. The van der Waals surface area contributed by atoms with E-state index < -0.39 is 17.6 Å². The Hall–Kier alpha value is -1.20. The van der Waals surface area contributed by atoms with Gasteiger partial charge in [0, 0.05) is 25.1 Å². The van der Waals surface area contributed by atoms with E-state index in [-0.39, 0.29) is 24.3 Å². The van der Waals surface area contributed by atoms with Gasteiger partial charge in [-0.3, -0.25) is 4.79 Å². The Kier molecular flexibility index (Phi) is 5.04. The van der Waals surface area contributed by atoms with Crippen molar-refractivity contribution in [1.29, 1.82) is 0 Å². The highest BCUT2D eigenvalue weighted by Gasteiger charge is 2.36. The van der Waals surface area contributed by atoms with Crippen LogP contribution >= 0.6 is 12.4 Å². The number of rotatable bonds is 2. The molecule has 0 saturated carbocycles. The molecule has 3 nitrogen and oxygen atoms in total. The monoisotopic (exact) mass is 277 g/mol. The number of hydrogen-bond donors (Lipinski definition) is 1. The minimum absolute atomic E-state index is 0. The van der Waals surface area contributed by atoms with Gasteiger partial charge < -0.3 is 10.1 Å². The third kappa shape index (κ3) is 2.79. The third-order valence-electron chi connectivity index (χ3n) is 3.08. The molecule has 2 atom stereocenters. The summed E-state index contributed by atoms with van der Waals surface area (Å²) in [4.78, 5) is 11.5. The molecule has 2 rings (SSSR count). The molecule has 1 aromatic carbocycles. The van der Waals surface area contributed by atoms with E-state index in [4.69, 9.17) is 0 Å². The smallest absolute Gasteiger partial charge is 0.310 e. The Morgan fingerprint density at radius 2 is 2.11 bits per heavy atom. The summed E-state index contributed by atoms with van der Waals surface area (Å²) in [6.45, 7) is 0.941. The van der Waals surface area contributed by atoms with E-state index in [0.29, 0.717) is 18.7 Å². The third-order valence-corrected chi connectivity index (χ3v) is 3.08. The van der Waals surface area contributed by atoms with Crippen LogP contribution in [0.4, 0.5) is 8.78 Å². The van der Waals surface area contributed by atoms with Gasteiger partial charge in [-0.15, -0.1) is 12.4 Å². The number of benzene rings is 1. The SMILES string of the molecule is COC(=O)[C@H]1CNC[C@@H]1c1ccc(F)cc1F.Cl. The zero-order chi connectivity index (χ0) is 12.4. The summed E-state index contributed by atoms with van der Waals surface area (Å²) in [5.74, 6) is -2.33. The highest BCUT2D eigenvalue weighted by Crippen LogP contribution is 2.30. The van der Waals surface area contributed by atoms with E-state index in [1.807, 2.05) is 0 Å². The molecule has 0 spiro atoms. The Morgan fingerprint density at radius 1 is 1.39 bits per heavy atom. The van der Waals surface area contributed by atoms with Crippen LogP contribution in [0.5, 0.6) is 0 Å². The van der Waals surface area contributed by atoms with E-state index in [1.165, 1.54) is 19.2 Å². The molecule has 1 saturated heterocycles. The van der Waals surface area contributed by atoms with Gasteiger partial charge in [-0.2, -0.15) is 0 Å². The van der Waals surface area contributed by atoms with Crippen LogP contribution in [0.3, 0.4) is 0 Å². The minimum Gasteiger partial charge on any atom is -0.469 e. The summed E-state index contributed by atoms with van der Waals surface area (Å²) in [5.41, 5.74) is 0.354. The number of esters is 1. The van der Waals surface area contributed by atoms with Crippen molar-refractivity contribution in [2.24, 2.45) is 5.92 Å². The summed E-state index contributed by atoms with van der Waals surface area (Å²) < 4.78 is 31.1. The van der Waals surface area contributed by atoms with Gasteiger partial charge in [0.25, 0.3) is 0 Å². The molecule has 0 aliphatic carbocycles. The molecular formula is C12H14ClF2NO2. The van der Waals surface area contributed by atoms with Crippen LogP contribution in [0, 0.1) is 17.6 Å². The molecule has 0 amide bonds. The Balaban J connectivity index is 0.00000162. The Labute approximate surface area is 110 Å². The molecule has 0 radical (unpaired) electrons. The first-order valence-corrected chi connectivity index (χ1v) is 5.37. The second-order valence-corrected chi connectivity index (χ2v) is 4.06. The lowest BCUT2D eigenvalue weighted by atomic mass is 9.88.